The van der Waals surface area contributed by atoms with E-state index in [1.807, 2.05) is 42.6 Å². The summed E-state index contributed by atoms with van der Waals surface area (Å²) in [6.07, 6.45) is 0. The Balaban J connectivity index is 1.85. The number of thiophene rings is 1. The zero-order valence-electron chi connectivity index (χ0n) is 14.8. The van der Waals surface area contributed by atoms with Crippen LogP contribution >= 0.6 is 11.3 Å². The Morgan fingerprint density at radius 3 is 2.68 bits per heavy atom. The van der Waals surface area contributed by atoms with Crippen LogP contribution in [-0.4, -0.2) is 35.3 Å². The van der Waals surface area contributed by atoms with Gasteiger partial charge in [0.2, 0.25) is 11.8 Å². The maximum Gasteiger partial charge on any atom is 0.250 e. The van der Waals surface area contributed by atoms with E-state index in [-0.39, 0.29) is 18.4 Å². The predicted octanol–water partition coefficient (Wildman–Crippen LogP) is 3.33. The lowest BCUT2D eigenvalue weighted by Crippen LogP contribution is -2.60. The van der Waals surface area contributed by atoms with Gasteiger partial charge in [-0.25, -0.2) is 0 Å². The number of nitrogens with zero attached hydrogens (tertiary/aromatic N) is 2. The average Bonchev–Trinajstić information content (AvgIpc) is 3.08. The molecule has 5 nitrogen and oxygen atoms in total. The Labute approximate surface area is 152 Å². The molecule has 0 bridgehead atoms. The van der Waals surface area contributed by atoms with Crippen molar-refractivity contribution in [2.75, 3.05) is 23.3 Å². The first kappa shape index (κ1) is 17.6. The number of hydrogen-bond donors (Lipinski definition) is 1. The van der Waals surface area contributed by atoms with E-state index in [1.165, 1.54) is 4.88 Å². The highest BCUT2D eigenvalue weighted by atomic mass is 32.1. The lowest BCUT2D eigenvalue weighted by molar-refractivity contribution is -0.127. The number of carbonyl (C=O) groups is 2. The van der Waals surface area contributed by atoms with Crippen LogP contribution in [0.25, 0.3) is 0 Å². The summed E-state index contributed by atoms with van der Waals surface area (Å²) in [5, 5.41) is 4.93. The quantitative estimate of drug-likeness (QED) is 0.893. The first-order chi connectivity index (χ1) is 11.9. The summed E-state index contributed by atoms with van der Waals surface area (Å²) in [4.78, 5) is 30.6. The van der Waals surface area contributed by atoms with Crippen molar-refractivity contribution in [1.29, 1.82) is 0 Å². The highest BCUT2D eigenvalue weighted by molar-refractivity contribution is 7.09. The fourth-order valence-corrected chi connectivity index (χ4v) is 3.81. The van der Waals surface area contributed by atoms with Crippen LogP contribution in [0.3, 0.4) is 0 Å². The maximum absolute atomic E-state index is 13.1. The van der Waals surface area contributed by atoms with Crippen LogP contribution in [0.4, 0.5) is 11.4 Å². The third-order valence-corrected chi connectivity index (χ3v) is 5.38. The number of benzene rings is 1. The molecule has 1 aromatic heterocycles. The minimum Gasteiger partial charge on any atom is -0.322 e. The third-order valence-electron chi connectivity index (χ3n) is 4.52. The minimum absolute atomic E-state index is 0.0642. The van der Waals surface area contributed by atoms with Gasteiger partial charge in [0.15, 0.2) is 0 Å². The van der Waals surface area contributed by atoms with E-state index in [9.17, 15) is 9.59 Å². The SMILES string of the molecule is CCN(CC(=O)N1c2ccccc2NC(=O)C1(C)C)Cc1cccs1. The molecule has 1 aliphatic rings. The molecule has 1 N–H and O–H groups in total. The highest BCUT2D eigenvalue weighted by Gasteiger charge is 2.43. The second-order valence-electron chi connectivity index (χ2n) is 6.64. The number of amides is 2. The van der Waals surface area contributed by atoms with E-state index in [0.717, 1.165) is 18.8 Å². The smallest absolute Gasteiger partial charge is 0.250 e. The summed E-state index contributed by atoms with van der Waals surface area (Å²) in [5.74, 6) is -0.230. The lowest BCUT2D eigenvalue weighted by Gasteiger charge is -2.42. The Kier molecular flexibility index (Phi) is 4.92. The van der Waals surface area contributed by atoms with Crippen LogP contribution in [0.15, 0.2) is 41.8 Å². The van der Waals surface area contributed by atoms with Crippen molar-refractivity contribution in [3.8, 4) is 0 Å². The summed E-state index contributed by atoms with van der Waals surface area (Å²) in [5.41, 5.74) is 0.513. The molecule has 0 aliphatic carbocycles. The van der Waals surface area contributed by atoms with Crippen LogP contribution < -0.4 is 10.2 Å². The molecule has 25 heavy (non-hydrogen) atoms. The van der Waals surface area contributed by atoms with E-state index in [0.29, 0.717) is 5.69 Å². The maximum atomic E-state index is 13.1. The first-order valence-electron chi connectivity index (χ1n) is 8.41. The van der Waals surface area contributed by atoms with Crippen molar-refractivity contribution < 1.29 is 9.59 Å². The van der Waals surface area contributed by atoms with Gasteiger partial charge in [-0.15, -0.1) is 11.3 Å². The largest absolute Gasteiger partial charge is 0.322 e. The van der Waals surface area contributed by atoms with E-state index in [2.05, 4.69) is 16.3 Å². The second-order valence-corrected chi connectivity index (χ2v) is 7.67. The number of para-hydroxylation sites is 2. The van der Waals surface area contributed by atoms with Crippen LogP contribution in [-0.2, 0) is 16.1 Å². The average molecular weight is 357 g/mol. The van der Waals surface area contributed by atoms with E-state index < -0.39 is 5.54 Å². The van der Waals surface area contributed by atoms with E-state index in [1.54, 1.807) is 30.1 Å². The van der Waals surface area contributed by atoms with Crippen molar-refractivity contribution in [1.82, 2.24) is 4.90 Å². The number of anilines is 2. The summed E-state index contributed by atoms with van der Waals surface area (Å²) in [6, 6.07) is 11.5. The number of carbonyl (C=O) groups excluding carboxylic acids is 2. The Hall–Kier alpha value is -2.18. The number of likely N-dealkylation sites (N-methyl/N-ethyl adjacent to an activating group) is 1. The van der Waals surface area contributed by atoms with Gasteiger partial charge in [0.25, 0.3) is 0 Å². The Bertz CT molecular complexity index is 771. The lowest BCUT2D eigenvalue weighted by atomic mass is 9.96. The second kappa shape index (κ2) is 6.98. The standard InChI is InChI=1S/C19H23N3O2S/c1-4-21(12-14-8-7-11-25-14)13-17(23)22-16-10-6-5-9-15(16)20-18(24)19(22,2)3/h5-11H,4,12-13H2,1-3H3,(H,20,24). The van der Waals surface area contributed by atoms with Gasteiger partial charge in [-0.3, -0.25) is 19.4 Å². The summed E-state index contributed by atoms with van der Waals surface area (Å²) in [6.45, 7) is 7.40. The van der Waals surface area contributed by atoms with Gasteiger partial charge in [0.1, 0.15) is 5.54 Å². The fraction of sp³-hybridized carbons (Fsp3) is 0.368. The zero-order valence-corrected chi connectivity index (χ0v) is 15.6. The third kappa shape index (κ3) is 3.45. The van der Waals surface area contributed by atoms with Crippen LogP contribution in [0.1, 0.15) is 25.6 Å². The van der Waals surface area contributed by atoms with Crippen molar-refractivity contribution in [2.45, 2.75) is 32.9 Å². The Morgan fingerprint density at radius 1 is 1.24 bits per heavy atom. The number of fused-ring (bicyclic) bond motifs is 1. The molecule has 0 saturated carbocycles. The number of hydrogen-bond acceptors (Lipinski definition) is 4. The zero-order chi connectivity index (χ0) is 18.0. The van der Waals surface area contributed by atoms with E-state index in [4.69, 9.17) is 0 Å². The minimum atomic E-state index is -0.923. The number of rotatable bonds is 5. The molecule has 0 spiro atoms. The molecule has 0 atom stereocenters. The van der Waals surface area contributed by atoms with Gasteiger partial charge in [0, 0.05) is 11.4 Å². The van der Waals surface area contributed by atoms with Gasteiger partial charge in [-0.2, -0.15) is 0 Å². The van der Waals surface area contributed by atoms with Crippen LogP contribution in [0, 0.1) is 0 Å². The van der Waals surface area contributed by atoms with Crippen LogP contribution in [0.5, 0.6) is 0 Å². The Morgan fingerprint density at radius 2 is 2.00 bits per heavy atom. The van der Waals surface area contributed by atoms with Gasteiger partial charge in [0.05, 0.1) is 17.9 Å². The molecule has 3 rings (SSSR count). The summed E-state index contributed by atoms with van der Waals surface area (Å²) < 4.78 is 0. The fourth-order valence-electron chi connectivity index (χ4n) is 3.06. The molecular weight excluding hydrogens is 334 g/mol. The first-order valence-corrected chi connectivity index (χ1v) is 9.29. The summed E-state index contributed by atoms with van der Waals surface area (Å²) >= 11 is 1.69. The van der Waals surface area contributed by atoms with Gasteiger partial charge < -0.3 is 5.32 Å². The number of nitrogens with one attached hydrogen (secondary N) is 1. The molecule has 6 heteroatoms. The molecule has 2 amide bonds. The normalized spacial score (nSPS) is 15.8. The molecular formula is C19H23N3O2S. The van der Waals surface area contributed by atoms with Crippen molar-refractivity contribution in [3.05, 3.63) is 46.7 Å². The monoisotopic (exact) mass is 357 g/mol. The van der Waals surface area contributed by atoms with Gasteiger partial charge in [-0.05, 0) is 44.0 Å². The summed E-state index contributed by atoms with van der Waals surface area (Å²) in [7, 11) is 0. The molecule has 132 valence electrons. The van der Waals surface area contributed by atoms with E-state index >= 15 is 0 Å². The van der Waals surface area contributed by atoms with Gasteiger partial charge in [-0.1, -0.05) is 25.1 Å². The van der Waals surface area contributed by atoms with Crippen molar-refractivity contribution in [2.24, 2.45) is 0 Å². The topological polar surface area (TPSA) is 52.7 Å². The van der Waals surface area contributed by atoms with Crippen LogP contribution in [0.2, 0.25) is 0 Å². The highest BCUT2D eigenvalue weighted by Crippen LogP contribution is 2.36. The molecule has 0 fully saturated rings. The predicted molar refractivity (Wildman–Crippen MR) is 102 cm³/mol. The molecule has 1 aromatic carbocycles. The molecule has 0 radical (unpaired) electrons. The van der Waals surface area contributed by atoms with Crippen molar-refractivity contribution >= 4 is 34.5 Å². The van der Waals surface area contributed by atoms with Gasteiger partial charge >= 0.3 is 0 Å². The molecule has 0 unspecified atom stereocenters. The molecule has 2 aromatic rings. The van der Waals surface area contributed by atoms with Crippen molar-refractivity contribution in [3.63, 3.8) is 0 Å². The molecule has 0 saturated heterocycles. The molecule has 1 aliphatic heterocycles. The molecule has 2 heterocycles.